The van der Waals surface area contributed by atoms with E-state index >= 15 is 0 Å². The number of aliphatic imine (C=N–C) groups is 1. The van der Waals surface area contributed by atoms with Gasteiger partial charge in [0, 0.05) is 36.2 Å². The number of nitrogens with zero attached hydrogens (tertiary/aromatic N) is 4. The number of ether oxygens (including phenoxy) is 1. The standard InChI is InChI=1S/C27H31N5O2/c33-26-17-25(30-20-4-2-1-3-5-20)27(32(26)22-10-11-23-24(16-22)29-18-28-23)19-6-8-21(9-7-19)31-12-14-34-15-13-31/h6-11,16,18,20,27H,1-5,12-15,17H2,(H,28,29). The Labute approximate surface area is 199 Å². The van der Waals surface area contributed by atoms with Crippen LogP contribution in [0.15, 0.2) is 53.8 Å². The molecule has 3 aromatic rings. The number of fused-ring (bicyclic) bond motifs is 1. The summed E-state index contributed by atoms with van der Waals surface area (Å²) >= 11 is 0. The van der Waals surface area contributed by atoms with Crippen LogP contribution in [0.2, 0.25) is 0 Å². The molecule has 2 saturated heterocycles. The molecule has 1 unspecified atom stereocenters. The Hall–Kier alpha value is -3.19. The summed E-state index contributed by atoms with van der Waals surface area (Å²) in [6.07, 6.45) is 8.08. The number of rotatable bonds is 4. The molecule has 1 amide bonds. The smallest absolute Gasteiger partial charge is 0.233 e. The number of benzene rings is 2. The summed E-state index contributed by atoms with van der Waals surface area (Å²) in [6.45, 7) is 3.35. The van der Waals surface area contributed by atoms with E-state index in [1.807, 2.05) is 23.1 Å². The molecule has 1 aromatic heterocycles. The third-order valence-corrected chi connectivity index (χ3v) is 7.37. The highest BCUT2D eigenvalue weighted by Crippen LogP contribution is 2.38. The number of aromatic nitrogens is 2. The van der Waals surface area contributed by atoms with Crippen LogP contribution in [-0.2, 0) is 9.53 Å². The summed E-state index contributed by atoms with van der Waals surface area (Å²) in [5, 5.41) is 0. The molecule has 0 bridgehead atoms. The molecule has 3 aliphatic rings. The average Bonchev–Trinajstić information content (AvgIpc) is 3.48. The van der Waals surface area contributed by atoms with Crippen LogP contribution in [0.4, 0.5) is 11.4 Å². The topological polar surface area (TPSA) is 73.8 Å². The maximum atomic E-state index is 13.4. The lowest BCUT2D eigenvalue weighted by atomic mass is 9.95. The molecular weight excluding hydrogens is 426 g/mol. The van der Waals surface area contributed by atoms with Gasteiger partial charge in [0.25, 0.3) is 0 Å². The molecule has 3 fully saturated rings. The van der Waals surface area contributed by atoms with Crippen LogP contribution >= 0.6 is 0 Å². The molecule has 1 saturated carbocycles. The molecule has 7 nitrogen and oxygen atoms in total. The van der Waals surface area contributed by atoms with Gasteiger partial charge in [-0.2, -0.15) is 0 Å². The molecule has 7 heteroatoms. The Balaban J connectivity index is 1.37. The molecule has 0 radical (unpaired) electrons. The Morgan fingerprint density at radius 2 is 1.74 bits per heavy atom. The summed E-state index contributed by atoms with van der Waals surface area (Å²) < 4.78 is 5.50. The van der Waals surface area contributed by atoms with Crippen molar-refractivity contribution in [1.82, 2.24) is 9.97 Å². The van der Waals surface area contributed by atoms with Gasteiger partial charge in [-0.1, -0.05) is 31.4 Å². The van der Waals surface area contributed by atoms with Gasteiger partial charge in [-0.05, 0) is 48.7 Å². The van der Waals surface area contributed by atoms with Crippen molar-refractivity contribution in [2.24, 2.45) is 4.99 Å². The lowest BCUT2D eigenvalue weighted by Gasteiger charge is -2.30. The second-order valence-electron chi connectivity index (χ2n) is 9.55. The van der Waals surface area contributed by atoms with Crippen molar-refractivity contribution in [3.63, 3.8) is 0 Å². The summed E-state index contributed by atoms with van der Waals surface area (Å²) in [4.78, 5) is 30.4. The van der Waals surface area contributed by atoms with Gasteiger partial charge in [-0.25, -0.2) is 4.98 Å². The zero-order valence-electron chi connectivity index (χ0n) is 19.4. The molecule has 1 atom stereocenters. The summed E-state index contributed by atoms with van der Waals surface area (Å²) in [5.74, 6) is 0.107. The fourth-order valence-corrected chi connectivity index (χ4v) is 5.59. The Morgan fingerprint density at radius 3 is 2.53 bits per heavy atom. The number of H-pyrrole nitrogens is 1. The maximum Gasteiger partial charge on any atom is 0.233 e. The second kappa shape index (κ2) is 9.22. The molecule has 1 aliphatic carbocycles. The van der Waals surface area contributed by atoms with E-state index in [0.29, 0.717) is 12.5 Å². The highest BCUT2D eigenvalue weighted by Gasteiger charge is 2.39. The second-order valence-corrected chi connectivity index (χ2v) is 9.55. The maximum absolute atomic E-state index is 13.4. The number of aromatic amines is 1. The minimum atomic E-state index is -0.173. The SMILES string of the molecule is O=C1CC(=NC2CCCCC2)C(c2ccc(N3CCOCC3)cc2)N1c1ccc2nc[nH]c2c1. The number of hydrogen-bond acceptors (Lipinski definition) is 5. The zero-order valence-corrected chi connectivity index (χ0v) is 19.4. The molecule has 3 heterocycles. The van der Waals surface area contributed by atoms with Gasteiger partial charge in [0.05, 0.1) is 37.0 Å². The monoisotopic (exact) mass is 457 g/mol. The van der Waals surface area contributed by atoms with Gasteiger partial charge in [-0.15, -0.1) is 0 Å². The van der Waals surface area contributed by atoms with Gasteiger partial charge in [-0.3, -0.25) is 14.7 Å². The van der Waals surface area contributed by atoms with Crippen LogP contribution in [-0.4, -0.2) is 53.9 Å². The van der Waals surface area contributed by atoms with Crippen molar-refractivity contribution < 1.29 is 9.53 Å². The van der Waals surface area contributed by atoms with Gasteiger partial charge in [0.15, 0.2) is 0 Å². The fraction of sp³-hybridized carbons (Fsp3) is 0.444. The van der Waals surface area contributed by atoms with E-state index in [1.54, 1.807) is 6.33 Å². The minimum Gasteiger partial charge on any atom is -0.378 e. The first-order chi connectivity index (χ1) is 16.8. The van der Waals surface area contributed by atoms with Crippen LogP contribution < -0.4 is 9.80 Å². The van der Waals surface area contributed by atoms with E-state index in [-0.39, 0.29) is 11.9 Å². The molecule has 2 aliphatic heterocycles. The first-order valence-electron chi connectivity index (χ1n) is 12.5. The van der Waals surface area contributed by atoms with Crippen LogP contribution in [0, 0.1) is 0 Å². The van der Waals surface area contributed by atoms with Crippen LogP contribution in [0.3, 0.4) is 0 Å². The molecule has 2 aromatic carbocycles. The van der Waals surface area contributed by atoms with Crippen molar-refractivity contribution in [3.8, 4) is 0 Å². The van der Waals surface area contributed by atoms with E-state index in [2.05, 4.69) is 39.1 Å². The number of morpholine rings is 1. The Bertz CT molecular complexity index is 1190. The predicted octanol–water partition coefficient (Wildman–Crippen LogP) is 4.65. The lowest BCUT2D eigenvalue weighted by Crippen LogP contribution is -2.36. The normalized spacial score (nSPS) is 23.4. The number of hydrogen-bond donors (Lipinski definition) is 1. The third-order valence-electron chi connectivity index (χ3n) is 7.37. The Morgan fingerprint density at radius 1 is 0.971 bits per heavy atom. The molecule has 6 rings (SSSR count). The highest BCUT2D eigenvalue weighted by atomic mass is 16.5. The van der Waals surface area contributed by atoms with Crippen molar-refractivity contribution in [1.29, 1.82) is 0 Å². The number of anilines is 2. The number of amides is 1. The number of imidazole rings is 1. The van der Waals surface area contributed by atoms with Crippen molar-refractivity contribution in [3.05, 3.63) is 54.4 Å². The minimum absolute atomic E-state index is 0.107. The predicted molar refractivity (Wildman–Crippen MR) is 135 cm³/mol. The van der Waals surface area contributed by atoms with Gasteiger partial charge in [0.1, 0.15) is 6.04 Å². The fourth-order valence-electron chi connectivity index (χ4n) is 5.59. The quantitative estimate of drug-likeness (QED) is 0.619. The summed E-state index contributed by atoms with van der Waals surface area (Å²) in [5.41, 5.74) is 6.04. The van der Waals surface area contributed by atoms with Crippen molar-refractivity contribution in [2.45, 2.75) is 50.6 Å². The van der Waals surface area contributed by atoms with E-state index in [4.69, 9.17) is 9.73 Å². The van der Waals surface area contributed by atoms with Gasteiger partial charge < -0.3 is 14.6 Å². The summed E-state index contributed by atoms with van der Waals surface area (Å²) in [6, 6.07) is 14.9. The molecule has 176 valence electrons. The highest BCUT2D eigenvalue weighted by molar-refractivity contribution is 6.19. The molecule has 34 heavy (non-hydrogen) atoms. The van der Waals surface area contributed by atoms with Crippen LogP contribution in [0.1, 0.15) is 50.1 Å². The summed E-state index contributed by atoms with van der Waals surface area (Å²) in [7, 11) is 0. The van der Waals surface area contributed by atoms with Gasteiger partial charge in [0.2, 0.25) is 5.91 Å². The zero-order chi connectivity index (χ0) is 22.9. The average molecular weight is 458 g/mol. The van der Waals surface area contributed by atoms with E-state index in [1.165, 1.54) is 24.9 Å². The van der Waals surface area contributed by atoms with Gasteiger partial charge >= 0.3 is 0 Å². The number of nitrogens with one attached hydrogen (secondary N) is 1. The molecule has 0 spiro atoms. The number of carbonyl (C=O) groups is 1. The van der Waals surface area contributed by atoms with Crippen molar-refractivity contribution in [2.75, 3.05) is 36.1 Å². The van der Waals surface area contributed by atoms with Crippen LogP contribution in [0.25, 0.3) is 11.0 Å². The first kappa shape index (κ1) is 21.4. The van der Waals surface area contributed by atoms with E-state index < -0.39 is 0 Å². The van der Waals surface area contributed by atoms with Crippen LogP contribution in [0.5, 0.6) is 0 Å². The van der Waals surface area contributed by atoms with Crippen molar-refractivity contribution >= 4 is 34.0 Å². The Kier molecular flexibility index (Phi) is 5.79. The number of carbonyl (C=O) groups excluding carboxylic acids is 1. The van der Waals surface area contributed by atoms with E-state index in [0.717, 1.165) is 67.1 Å². The third kappa shape index (κ3) is 4.09. The molecule has 1 N–H and O–H groups in total. The first-order valence-corrected chi connectivity index (χ1v) is 12.5. The van der Waals surface area contributed by atoms with E-state index in [9.17, 15) is 4.79 Å². The lowest BCUT2D eigenvalue weighted by molar-refractivity contribution is -0.116. The largest absolute Gasteiger partial charge is 0.378 e. The molecular formula is C27H31N5O2.